The van der Waals surface area contributed by atoms with Gasteiger partial charge in [0.1, 0.15) is 6.04 Å². The number of anilines is 1. The standard InChI is InChI=1S/C30H33BrCl2N4O4/c1-37-13-9-18(10-14-37)22(25(29(40)41)36-26-24(31)27(38)30(26)11-3-2-4-12-30)17-5-7-19(8-6-17)35-28(39)23-20(32)15-34-16-21(23)33/h5-8,15-16,18,22,25,36H,2-4,9-14H2,1H3,(H,35,39)(H,40,41)/t22?,25-/m0/s1. The highest BCUT2D eigenvalue weighted by Gasteiger charge is 2.54. The zero-order valence-corrected chi connectivity index (χ0v) is 25.9. The van der Waals surface area contributed by atoms with Crippen molar-refractivity contribution >= 4 is 62.5 Å². The molecule has 2 atom stereocenters. The average Bonchev–Trinajstić information content (AvgIpc) is 2.96. The number of allylic oxidation sites excluding steroid dienone is 2. The molecular weight excluding hydrogens is 631 g/mol. The SMILES string of the molecule is CN1CCC(C(c2ccc(NC(=O)c3c(Cl)cncc3Cl)cc2)[C@H](NC2=C(Br)C(=O)C23CCCCC3)C(=O)O)CC1. The van der Waals surface area contributed by atoms with E-state index in [0.29, 0.717) is 10.2 Å². The highest BCUT2D eigenvalue weighted by atomic mass is 79.9. The number of hydrogen-bond acceptors (Lipinski definition) is 6. The molecule has 1 saturated carbocycles. The van der Waals surface area contributed by atoms with Crippen LogP contribution in [-0.4, -0.2) is 58.8 Å². The number of nitrogens with one attached hydrogen (secondary N) is 2. The van der Waals surface area contributed by atoms with Gasteiger partial charge in [-0.1, -0.05) is 54.6 Å². The van der Waals surface area contributed by atoms with Gasteiger partial charge in [0.25, 0.3) is 5.91 Å². The van der Waals surface area contributed by atoms with Gasteiger partial charge >= 0.3 is 5.97 Å². The van der Waals surface area contributed by atoms with E-state index in [9.17, 15) is 19.5 Å². The average molecular weight is 664 g/mol. The van der Waals surface area contributed by atoms with Gasteiger partial charge in [0.05, 0.1) is 25.5 Å². The first-order valence-corrected chi connectivity index (χ1v) is 15.5. The third-order valence-electron chi connectivity index (χ3n) is 8.87. The summed E-state index contributed by atoms with van der Waals surface area (Å²) in [5.41, 5.74) is 1.66. The number of benzene rings is 1. The van der Waals surface area contributed by atoms with Gasteiger partial charge in [-0.15, -0.1) is 0 Å². The van der Waals surface area contributed by atoms with Crippen LogP contribution in [0.5, 0.6) is 0 Å². The van der Waals surface area contributed by atoms with Gasteiger partial charge in [-0.3, -0.25) is 14.6 Å². The van der Waals surface area contributed by atoms with Gasteiger partial charge in [0.15, 0.2) is 5.78 Å². The number of aliphatic carboxylic acids is 1. The highest BCUT2D eigenvalue weighted by Crippen LogP contribution is 2.54. The molecule has 8 nitrogen and oxygen atoms in total. The van der Waals surface area contributed by atoms with Crippen molar-refractivity contribution in [2.75, 3.05) is 25.5 Å². The molecule has 2 heterocycles. The molecular formula is C30H33BrCl2N4O4. The summed E-state index contributed by atoms with van der Waals surface area (Å²) in [7, 11) is 2.08. The lowest BCUT2D eigenvalue weighted by atomic mass is 9.62. The lowest BCUT2D eigenvalue weighted by molar-refractivity contribution is -0.141. The largest absolute Gasteiger partial charge is 0.480 e. The van der Waals surface area contributed by atoms with E-state index in [2.05, 4.69) is 43.5 Å². The van der Waals surface area contributed by atoms with Gasteiger partial charge in [0.2, 0.25) is 0 Å². The molecule has 1 aromatic heterocycles. The Bertz CT molecular complexity index is 1350. The van der Waals surface area contributed by atoms with Gasteiger partial charge in [-0.25, -0.2) is 4.79 Å². The van der Waals surface area contributed by atoms with Crippen molar-refractivity contribution in [1.29, 1.82) is 0 Å². The van der Waals surface area contributed by atoms with E-state index in [0.717, 1.165) is 69.3 Å². The predicted molar refractivity (Wildman–Crippen MR) is 163 cm³/mol. The smallest absolute Gasteiger partial charge is 0.326 e. The number of likely N-dealkylation sites (tertiary alicyclic amines) is 1. The number of carboxylic acid groups (broad SMARTS) is 1. The number of hydrogen-bond donors (Lipinski definition) is 3. The molecule has 3 N–H and O–H groups in total. The normalized spacial score (nSPS) is 20.8. The number of ketones is 1. The first-order chi connectivity index (χ1) is 19.6. The van der Waals surface area contributed by atoms with Crippen molar-refractivity contribution in [3.63, 3.8) is 0 Å². The number of nitrogens with zero attached hydrogens (tertiary/aromatic N) is 2. The second-order valence-electron chi connectivity index (χ2n) is 11.3. The van der Waals surface area contributed by atoms with Gasteiger partial charge in [0, 0.05) is 29.7 Å². The van der Waals surface area contributed by atoms with Gasteiger partial charge in [-0.2, -0.15) is 0 Å². The molecule has 0 bridgehead atoms. The fourth-order valence-corrected chi connectivity index (χ4v) is 8.02. The van der Waals surface area contributed by atoms with Crippen LogP contribution >= 0.6 is 39.1 Å². The topological polar surface area (TPSA) is 112 Å². The predicted octanol–water partition coefficient (Wildman–Crippen LogP) is 6.25. The van der Waals surface area contributed by atoms with Gasteiger partial charge < -0.3 is 20.6 Å². The number of carboxylic acids is 1. The van der Waals surface area contributed by atoms with Crippen LogP contribution in [0.2, 0.25) is 10.0 Å². The first-order valence-electron chi connectivity index (χ1n) is 14.0. The van der Waals surface area contributed by atoms with Crippen molar-refractivity contribution in [3.8, 4) is 0 Å². The van der Waals surface area contributed by atoms with E-state index in [1.165, 1.54) is 12.4 Å². The Balaban J connectivity index is 1.43. The molecule has 5 rings (SSSR count). The van der Waals surface area contributed by atoms with Crippen molar-refractivity contribution in [2.45, 2.75) is 56.9 Å². The minimum absolute atomic E-state index is 0.0779. The number of carbonyl (C=O) groups excluding carboxylic acids is 2. The number of halogens is 3. The Labute approximate surface area is 258 Å². The molecule has 1 spiro atoms. The monoisotopic (exact) mass is 662 g/mol. The Kier molecular flexibility index (Phi) is 9.09. The van der Waals surface area contributed by atoms with E-state index < -0.39 is 23.3 Å². The zero-order valence-electron chi connectivity index (χ0n) is 22.8. The maximum absolute atomic E-state index is 13.0. The maximum Gasteiger partial charge on any atom is 0.326 e. The lowest BCUT2D eigenvalue weighted by Gasteiger charge is -2.47. The summed E-state index contributed by atoms with van der Waals surface area (Å²) in [6, 6.07) is 6.35. The minimum Gasteiger partial charge on any atom is -0.480 e. The van der Waals surface area contributed by atoms with Crippen molar-refractivity contribution in [1.82, 2.24) is 15.2 Å². The number of carbonyl (C=O) groups is 3. The molecule has 1 aromatic carbocycles. The molecule has 2 aromatic rings. The highest BCUT2D eigenvalue weighted by molar-refractivity contribution is 9.12. The van der Waals surface area contributed by atoms with Crippen LogP contribution in [0.25, 0.3) is 0 Å². The number of rotatable bonds is 8. The molecule has 1 amide bonds. The first kappa shape index (κ1) is 30.0. The Morgan fingerprint density at radius 2 is 1.68 bits per heavy atom. The summed E-state index contributed by atoms with van der Waals surface area (Å²) in [5, 5.41) is 17.1. The molecule has 2 aliphatic carbocycles. The van der Waals surface area contributed by atoms with Gasteiger partial charge in [-0.05, 0) is 85.4 Å². The second kappa shape index (κ2) is 12.4. The maximum atomic E-state index is 13.0. The van der Waals surface area contributed by atoms with E-state index in [1.807, 2.05) is 12.1 Å². The molecule has 3 aliphatic rings. The molecule has 218 valence electrons. The molecule has 1 unspecified atom stereocenters. The third kappa shape index (κ3) is 5.91. The van der Waals surface area contributed by atoms with Crippen molar-refractivity contribution in [2.24, 2.45) is 11.3 Å². The second-order valence-corrected chi connectivity index (χ2v) is 12.9. The summed E-state index contributed by atoms with van der Waals surface area (Å²) in [6.45, 7) is 1.76. The molecule has 2 fully saturated rings. The molecule has 0 radical (unpaired) electrons. The van der Waals surface area contributed by atoms with E-state index in [-0.39, 0.29) is 33.2 Å². The van der Waals surface area contributed by atoms with Crippen LogP contribution in [0.4, 0.5) is 5.69 Å². The Morgan fingerprint density at radius 3 is 2.27 bits per heavy atom. The van der Waals surface area contributed by atoms with Crippen LogP contribution in [0, 0.1) is 11.3 Å². The minimum atomic E-state index is -0.952. The zero-order chi connectivity index (χ0) is 29.3. The van der Waals surface area contributed by atoms with Crippen LogP contribution in [0.15, 0.2) is 46.8 Å². The van der Waals surface area contributed by atoms with E-state index in [1.54, 1.807) is 12.1 Å². The number of aromatic nitrogens is 1. The van der Waals surface area contributed by atoms with E-state index >= 15 is 0 Å². The lowest BCUT2D eigenvalue weighted by Crippen LogP contribution is -2.55. The number of amides is 1. The molecule has 11 heteroatoms. The molecule has 41 heavy (non-hydrogen) atoms. The number of pyridine rings is 1. The van der Waals surface area contributed by atoms with Crippen LogP contribution < -0.4 is 10.6 Å². The van der Waals surface area contributed by atoms with Crippen LogP contribution in [-0.2, 0) is 9.59 Å². The third-order valence-corrected chi connectivity index (χ3v) is 10.2. The quantitative estimate of drug-likeness (QED) is 0.306. The van der Waals surface area contributed by atoms with Crippen LogP contribution in [0.3, 0.4) is 0 Å². The summed E-state index contributed by atoms with van der Waals surface area (Å²) in [5.74, 6) is -1.57. The summed E-state index contributed by atoms with van der Waals surface area (Å²) < 4.78 is 0.472. The Morgan fingerprint density at radius 1 is 1.07 bits per heavy atom. The summed E-state index contributed by atoms with van der Waals surface area (Å²) >= 11 is 15.8. The molecule has 1 saturated heterocycles. The van der Waals surface area contributed by atoms with Crippen molar-refractivity contribution < 1.29 is 19.5 Å². The number of Topliss-reactive ketones (excluding diaryl/α,β-unsaturated/α-hetero) is 1. The van der Waals surface area contributed by atoms with Crippen molar-refractivity contribution in [3.05, 3.63) is 68.0 Å². The number of piperidine rings is 1. The molecule has 1 aliphatic heterocycles. The van der Waals surface area contributed by atoms with E-state index in [4.69, 9.17) is 23.2 Å². The van der Waals surface area contributed by atoms with Crippen LogP contribution in [0.1, 0.15) is 66.8 Å². The fourth-order valence-electron chi connectivity index (χ4n) is 6.61. The summed E-state index contributed by atoms with van der Waals surface area (Å²) in [4.78, 5) is 44.9. The fraction of sp³-hybridized carbons (Fsp3) is 0.467. The summed E-state index contributed by atoms with van der Waals surface area (Å²) in [6.07, 6.45) is 8.91. The Hall–Kier alpha value is -2.46.